The fraction of sp³-hybridized carbons (Fsp3) is 0. The third kappa shape index (κ3) is 3.30. The Bertz CT molecular complexity index is 922. The first-order valence-corrected chi connectivity index (χ1v) is 6.71. The Morgan fingerprint density at radius 2 is 1.78 bits per heavy atom. The second kappa shape index (κ2) is 6.20. The SMILES string of the molecule is N#Cc1[nH]nnc1-c1cc(F)cc(/C=C/c2cccc(F)c2)c1. The Hall–Kier alpha value is -3.33. The molecule has 0 saturated carbocycles. The maximum atomic E-state index is 13.8. The quantitative estimate of drug-likeness (QED) is 0.749. The first-order chi connectivity index (χ1) is 11.2. The van der Waals surface area contributed by atoms with E-state index in [0.717, 1.165) is 0 Å². The van der Waals surface area contributed by atoms with Crippen LogP contribution in [0.4, 0.5) is 8.78 Å². The van der Waals surface area contributed by atoms with E-state index in [9.17, 15) is 8.78 Å². The van der Waals surface area contributed by atoms with Gasteiger partial charge >= 0.3 is 0 Å². The van der Waals surface area contributed by atoms with E-state index in [1.807, 2.05) is 6.07 Å². The van der Waals surface area contributed by atoms with Gasteiger partial charge in [-0.15, -0.1) is 5.10 Å². The lowest BCUT2D eigenvalue weighted by atomic mass is 10.1. The van der Waals surface area contributed by atoms with Crippen molar-refractivity contribution in [2.75, 3.05) is 0 Å². The van der Waals surface area contributed by atoms with Crippen LogP contribution in [0, 0.1) is 23.0 Å². The molecule has 4 nitrogen and oxygen atoms in total. The van der Waals surface area contributed by atoms with Crippen LogP contribution in [0.2, 0.25) is 0 Å². The Kier molecular flexibility index (Phi) is 3.93. The molecule has 0 aliphatic carbocycles. The van der Waals surface area contributed by atoms with Crippen LogP contribution in [0.25, 0.3) is 23.4 Å². The van der Waals surface area contributed by atoms with Crippen LogP contribution in [0.5, 0.6) is 0 Å². The van der Waals surface area contributed by atoms with E-state index < -0.39 is 5.82 Å². The van der Waals surface area contributed by atoms with Gasteiger partial charge in [-0.2, -0.15) is 5.26 Å². The summed E-state index contributed by atoms with van der Waals surface area (Å²) in [6.45, 7) is 0. The zero-order valence-electron chi connectivity index (χ0n) is 11.8. The molecule has 3 aromatic rings. The van der Waals surface area contributed by atoms with Gasteiger partial charge in [0, 0.05) is 5.56 Å². The molecule has 0 spiro atoms. The second-order valence-electron chi connectivity index (χ2n) is 4.81. The van der Waals surface area contributed by atoms with E-state index in [4.69, 9.17) is 5.26 Å². The molecular weight excluding hydrogens is 298 g/mol. The highest BCUT2D eigenvalue weighted by atomic mass is 19.1. The van der Waals surface area contributed by atoms with Crippen molar-refractivity contribution in [1.29, 1.82) is 5.26 Å². The zero-order chi connectivity index (χ0) is 16.2. The zero-order valence-corrected chi connectivity index (χ0v) is 11.8. The van der Waals surface area contributed by atoms with Gasteiger partial charge in [0.25, 0.3) is 0 Å². The molecule has 1 N–H and O–H groups in total. The molecule has 0 saturated heterocycles. The van der Waals surface area contributed by atoms with Gasteiger partial charge in [-0.05, 0) is 41.5 Å². The number of aromatic amines is 1. The fourth-order valence-corrected chi connectivity index (χ4v) is 2.16. The van der Waals surface area contributed by atoms with Crippen LogP contribution in [-0.4, -0.2) is 15.4 Å². The first-order valence-electron chi connectivity index (χ1n) is 6.71. The van der Waals surface area contributed by atoms with E-state index in [0.29, 0.717) is 16.7 Å². The van der Waals surface area contributed by atoms with Crippen LogP contribution in [-0.2, 0) is 0 Å². The predicted molar refractivity (Wildman–Crippen MR) is 81.8 cm³/mol. The highest BCUT2D eigenvalue weighted by Crippen LogP contribution is 2.23. The number of nitrogens with one attached hydrogen (secondary N) is 1. The van der Waals surface area contributed by atoms with Gasteiger partial charge < -0.3 is 0 Å². The number of nitriles is 1. The minimum absolute atomic E-state index is 0.163. The van der Waals surface area contributed by atoms with Crippen LogP contribution in [0.3, 0.4) is 0 Å². The molecule has 0 atom stereocenters. The maximum Gasteiger partial charge on any atom is 0.163 e. The summed E-state index contributed by atoms with van der Waals surface area (Å²) >= 11 is 0. The van der Waals surface area contributed by atoms with Gasteiger partial charge in [0.2, 0.25) is 0 Å². The monoisotopic (exact) mass is 308 g/mol. The summed E-state index contributed by atoms with van der Waals surface area (Å²) in [5.41, 5.74) is 2.11. The van der Waals surface area contributed by atoms with Crippen LogP contribution in [0.15, 0.2) is 42.5 Å². The summed E-state index contributed by atoms with van der Waals surface area (Å²) in [6.07, 6.45) is 3.34. The summed E-state index contributed by atoms with van der Waals surface area (Å²) in [5.74, 6) is -0.804. The average Bonchev–Trinajstić information content (AvgIpc) is 3.01. The smallest absolute Gasteiger partial charge is 0.163 e. The van der Waals surface area contributed by atoms with Gasteiger partial charge in [-0.1, -0.05) is 29.5 Å². The lowest BCUT2D eigenvalue weighted by Crippen LogP contribution is -1.87. The molecule has 0 bridgehead atoms. The normalized spacial score (nSPS) is 10.8. The number of rotatable bonds is 3. The van der Waals surface area contributed by atoms with E-state index >= 15 is 0 Å². The number of hydrogen-bond acceptors (Lipinski definition) is 3. The molecule has 112 valence electrons. The standard InChI is InChI=1S/C17H10F2N4/c18-14-3-1-2-11(7-14)4-5-12-6-13(9-15(19)8-12)17-16(10-20)21-23-22-17/h1-9H,(H,21,22,23)/b5-4+. The number of halogens is 2. The largest absolute Gasteiger partial charge is 0.247 e. The highest BCUT2D eigenvalue weighted by Gasteiger charge is 2.11. The summed E-state index contributed by atoms with van der Waals surface area (Å²) in [5, 5.41) is 18.8. The van der Waals surface area contributed by atoms with Gasteiger partial charge in [0.1, 0.15) is 23.4 Å². The Morgan fingerprint density at radius 1 is 1.00 bits per heavy atom. The lowest BCUT2D eigenvalue weighted by molar-refractivity contribution is 0.627. The Morgan fingerprint density at radius 3 is 2.57 bits per heavy atom. The van der Waals surface area contributed by atoms with Crippen LogP contribution >= 0.6 is 0 Å². The van der Waals surface area contributed by atoms with Crippen molar-refractivity contribution in [2.45, 2.75) is 0 Å². The molecule has 23 heavy (non-hydrogen) atoms. The van der Waals surface area contributed by atoms with Gasteiger partial charge in [-0.3, -0.25) is 0 Å². The van der Waals surface area contributed by atoms with Crippen molar-refractivity contribution >= 4 is 12.2 Å². The van der Waals surface area contributed by atoms with Gasteiger partial charge in [0.05, 0.1) is 0 Å². The van der Waals surface area contributed by atoms with Crippen molar-refractivity contribution < 1.29 is 8.78 Å². The molecule has 1 aromatic heterocycles. The molecule has 0 amide bonds. The van der Waals surface area contributed by atoms with Crippen LogP contribution < -0.4 is 0 Å². The molecule has 2 aromatic carbocycles. The van der Waals surface area contributed by atoms with E-state index in [1.54, 1.807) is 30.4 Å². The third-order valence-corrected chi connectivity index (χ3v) is 3.17. The molecule has 0 radical (unpaired) electrons. The van der Waals surface area contributed by atoms with E-state index in [2.05, 4.69) is 15.4 Å². The van der Waals surface area contributed by atoms with Crippen molar-refractivity contribution in [1.82, 2.24) is 15.4 Å². The topological polar surface area (TPSA) is 65.4 Å². The number of H-pyrrole nitrogens is 1. The predicted octanol–water partition coefficient (Wildman–Crippen LogP) is 3.79. The van der Waals surface area contributed by atoms with Crippen LogP contribution in [0.1, 0.15) is 16.8 Å². The average molecular weight is 308 g/mol. The Balaban J connectivity index is 1.97. The fourth-order valence-electron chi connectivity index (χ4n) is 2.16. The number of aromatic nitrogens is 3. The van der Waals surface area contributed by atoms with Crippen molar-refractivity contribution in [3.05, 3.63) is 70.9 Å². The summed E-state index contributed by atoms with van der Waals surface area (Å²) in [7, 11) is 0. The third-order valence-electron chi connectivity index (χ3n) is 3.17. The number of hydrogen-bond donors (Lipinski definition) is 1. The first kappa shape index (κ1) is 14.6. The van der Waals surface area contributed by atoms with Crippen molar-refractivity contribution in [3.8, 4) is 17.3 Å². The maximum absolute atomic E-state index is 13.8. The Labute approximate surface area is 130 Å². The molecule has 0 unspecified atom stereocenters. The minimum Gasteiger partial charge on any atom is -0.247 e. The molecule has 1 heterocycles. The molecule has 0 fully saturated rings. The van der Waals surface area contributed by atoms with Gasteiger partial charge in [0.15, 0.2) is 5.69 Å². The minimum atomic E-state index is -0.465. The summed E-state index contributed by atoms with van der Waals surface area (Å²) in [4.78, 5) is 0. The lowest BCUT2D eigenvalue weighted by Gasteiger charge is -2.01. The molecule has 0 aliphatic rings. The summed E-state index contributed by atoms with van der Waals surface area (Å²) in [6, 6.07) is 12.3. The summed E-state index contributed by atoms with van der Waals surface area (Å²) < 4.78 is 27.0. The highest BCUT2D eigenvalue weighted by molar-refractivity contribution is 5.74. The van der Waals surface area contributed by atoms with E-state index in [1.165, 1.54) is 24.3 Å². The molecular formula is C17H10F2N4. The van der Waals surface area contributed by atoms with E-state index in [-0.39, 0.29) is 17.2 Å². The van der Waals surface area contributed by atoms with Gasteiger partial charge in [-0.25, -0.2) is 13.9 Å². The number of nitrogens with zero attached hydrogens (tertiary/aromatic N) is 3. The molecule has 0 aliphatic heterocycles. The number of benzene rings is 2. The molecule has 6 heteroatoms. The molecule has 3 rings (SSSR count). The van der Waals surface area contributed by atoms with Crippen molar-refractivity contribution in [2.24, 2.45) is 0 Å². The second-order valence-corrected chi connectivity index (χ2v) is 4.81. The van der Waals surface area contributed by atoms with Crippen molar-refractivity contribution in [3.63, 3.8) is 0 Å².